The third-order valence-electron chi connectivity index (χ3n) is 2.99. The largest absolute Gasteiger partial charge is 0.475 e. The zero-order chi connectivity index (χ0) is 16.5. The van der Waals surface area contributed by atoms with Gasteiger partial charge in [-0.1, -0.05) is 32.4 Å². The van der Waals surface area contributed by atoms with Gasteiger partial charge in [-0.25, -0.2) is 4.79 Å². The molecule has 0 atom stereocenters. The maximum Gasteiger partial charge on any atom is 0.371 e. The SMILES string of the molecule is CC(C)(C)C(=O)Nc1ccc(-c2ccc(C(=O)O)o2)c(Cl)c1. The first kappa shape index (κ1) is 16.1. The van der Waals surface area contributed by atoms with Crippen LogP contribution in [0.5, 0.6) is 0 Å². The fraction of sp³-hybridized carbons (Fsp3) is 0.250. The highest BCUT2D eigenvalue weighted by atomic mass is 35.5. The number of carboxylic acid groups (broad SMARTS) is 1. The molecule has 22 heavy (non-hydrogen) atoms. The van der Waals surface area contributed by atoms with Gasteiger partial charge in [-0.15, -0.1) is 0 Å². The highest BCUT2D eigenvalue weighted by Crippen LogP contribution is 2.32. The van der Waals surface area contributed by atoms with Crippen molar-refractivity contribution in [2.75, 3.05) is 5.32 Å². The van der Waals surface area contributed by atoms with E-state index in [2.05, 4.69) is 5.32 Å². The number of rotatable bonds is 3. The lowest BCUT2D eigenvalue weighted by atomic mass is 9.95. The lowest BCUT2D eigenvalue weighted by molar-refractivity contribution is -0.123. The molecule has 0 unspecified atom stereocenters. The van der Waals surface area contributed by atoms with E-state index in [1.807, 2.05) is 20.8 Å². The van der Waals surface area contributed by atoms with E-state index in [4.69, 9.17) is 21.1 Å². The molecule has 2 aromatic rings. The summed E-state index contributed by atoms with van der Waals surface area (Å²) in [6.45, 7) is 5.44. The first-order valence-corrected chi connectivity index (χ1v) is 7.01. The van der Waals surface area contributed by atoms with Gasteiger partial charge in [0.25, 0.3) is 0 Å². The van der Waals surface area contributed by atoms with Crippen LogP contribution >= 0.6 is 11.6 Å². The van der Waals surface area contributed by atoms with Gasteiger partial charge in [0.1, 0.15) is 5.76 Å². The Kier molecular flexibility index (Phi) is 4.28. The van der Waals surface area contributed by atoms with Crippen molar-refractivity contribution in [3.05, 3.63) is 41.1 Å². The molecule has 0 radical (unpaired) electrons. The monoisotopic (exact) mass is 321 g/mol. The molecule has 0 fully saturated rings. The zero-order valence-electron chi connectivity index (χ0n) is 12.4. The van der Waals surface area contributed by atoms with Crippen LogP contribution in [-0.4, -0.2) is 17.0 Å². The van der Waals surface area contributed by atoms with Crippen molar-refractivity contribution in [1.82, 2.24) is 0 Å². The molecule has 0 saturated carbocycles. The van der Waals surface area contributed by atoms with E-state index in [0.717, 1.165) is 0 Å². The molecule has 0 saturated heterocycles. The number of carbonyl (C=O) groups is 2. The quantitative estimate of drug-likeness (QED) is 0.884. The van der Waals surface area contributed by atoms with E-state index in [1.54, 1.807) is 18.2 Å². The van der Waals surface area contributed by atoms with Crippen LogP contribution in [0.15, 0.2) is 34.7 Å². The van der Waals surface area contributed by atoms with Gasteiger partial charge in [-0.05, 0) is 30.3 Å². The molecular weight excluding hydrogens is 306 g/mol. The minimum Gasteiger partial charge on any atom is -0.475 e. The lowest BCUT2D eigenvalue weighted by Crippen LogP contribution is -2.27. The van der Waals surface area contributed by atoms with Crippen molar-refractivity contribution in [2.24, 2.45) is 5.41 Å². The molecule has 116 valence electrons. The maximum absolute atomic E-state index is 11.9. The summed E-state index contributed by atoms with van der Waals surface area (Å²) in [5.41, 5.74) is 0.615. The number of benzene rings is 1. The summed E-state index contributed by atoms with van der Waals surface area (Å²) < 4.78 is 5.22. The Morgan fingerprint density at radius 3 is 2.36 bits per heavy atom. The summed E-state index contributed by atoms with van der Waals surface area (Å²) in [5.74, 6) is -1.06. The number of carbonyl (C=O) groups excluding carboxylic acids is 1. The van der Waals surface area contributed by atoms with E-state index >= 15 is 0 Å². The first-order valence-electron chi connectivity index (χ1n) is 6.63. The van der Waals surface area contributed by atoms with E-state index < -0.39 is 11.4 Å². The minimum atomic E-state index is -1.14. The number of halogens is 1. The van der Waals surface area contributed by atoms with Gasteiger partial charge >= 0.3 is 5.97 Å². The number of amides is 1. The second-order valence-electron chi connectivity index (χ2n) is 5.87. The van der Waals surface area contributed by atoms with Crippen LogP contribution in [0.25, 0.3) is 11.3 Å². The Labute approximate surface area is 132 Å². The first-order chi connectivity index (χ1) is 10.2. The second kappa shape index (κ2) is 5.85. The van der Waals surface area contributed by atoms with Crippen molar-refractivity contribution in [1.29, 1.82) is 0 Å². The number of hydrogen-bond donors (Lipinski definition) is 2. The molecule has 1 amide bonds. The van der Waals surface area contributed by atoms with Gasteiger partial charge in [0, 0.05) is 16.7 Å². The topological polar surface area (TPSA) is 79.5 Å². The molecule has 1 aromatic heterocycles. The molecule has 0 aliphatic rings. The Bertz CT molecular complexity index is 728. The predicted octanol–water partition coefficient (Wildman–Crippen LogP) is 4.28. The number of anilines is 1. The molecule has 1 heterocycles. The van der Waals surface area contributed by atoms with Crippen molar-refractivity contribution < 1.29 is 19.1 Å². The minimum absolute atomic E-state index is 0.123. The number of furan rings is 1. The Hall–Kier alpha value is -2.27. The van der Waals surface area contributed by atoms with Gasteiger partial charge in [0.05, 0.1) is 5.02 Å². The van der Waals surface area contributed by atoms with Crippen LogP contribution < -0.4 is 5.32 Å². The summed E-state index contributed by atoms with van der Waals surface area (Å²) >= 11 is 6.19. The maximum atomic E-state index is 11.9. The third kappa shape index (κ3) is 3.49. The molecule has 0 bridgehead atoms. The predicted molar refractivity (Wildman–Crippen MR) is 84.2 cm³/mol. The summed E-state index contributed by atoms with van der Waals surface area (Å²) in [6, 6.07) is 7.86. The standard InChI is InChI=1S/C16H16ClNO4/c1-16(2,3)15(21)18-9-4-5-10(11(17)8-9)12-6-7-13(22-12)14(19)20/h4-8H,1-3H3,(H,18,21)(H,19,20). The summed E-state index contributed by atoms with van der Waals surface area (Å²) in [5, 5.41) is 12.0. The number of carboxylic acids is 1. The molecule has 1 aromatic carbocycles. The summed E-state index contributed by atoms with van der Waals surface area (Å²) in [6.07, 6.45) is 0. The molecule has 2 N–H and O–H groups in total. The van der Waals surface area contributed by atoms with Crippen LogP contribution in [-0.2, 0) is 4.79 Å². The van der Waals surface area contributed by atoms with Crippen molar-refractivity contribution in [3.63, 3.8) is 0 Å². The van der Waals surface area contributed by atoms with Gasteiger partial charge in [0.15, 0.2) is 0 Å². The number of hydrogen-bond acceptors (Lipinski definition) is 3. The second-order valence-corrected chi connectivity index (χ2v) is 6.27. The highest BCUT2D eigenvalue weighted by Gasteiger charge is 2.21. The molecule has 0 aliphatic heterocycles. The van der Waals surface area contributed by atoms with Crippen LogP contribution in [0.2, 0.25) is 5.02 Å². The van der Waals surface area contributed by atoms with Crippen molar-refractivity contribution in [2.45, 2.75) is 20.8 Å². The Morgan fingerprint density at radius 1 is 1.18 bits per heavy atom. The highest BCUT2D eigenvalue weighted by molar-refractivity contribution is 6.33. The average Bonchev–Trinajstić information content (AvgIpc) is 2.87. The van der Waals surface area contributed by atoms with Crippen LogP contribution in [0.1, 0.15) is 31.3 Å². The van der Waals surface area contributed by atoms with E-state index in [-0.39, 0.29) is 11.7 Å². The fourth-order valence-electron chi connectivity index (χ4n) is 1.71. The molecule has 6 heteroatoms. The Morgan fingerprint density at radius 2 is 1.86 bits per heavy atom. The summed E-state index contributed by atoms with van der Waals surface area (Å²) in [7, 11) is 0. The Balaban J connectivity index is 2.26. The number of aromatic carboxylic acids is 1. The van der Waals surface area contributed by atoms with Gasteiger partial charge < -0.3 is 14.8 Å². The fourth-order valence-corrected chi connectivity index (χ4v) is 1.98. The lowest BCUT2D eigenvalue weighted by Gasteiger charge is -2.18. The van der Waals surface area contributed by atoms with Crippen LogP contribution in [0, 0.1) is 5.41 Å². The van der Waals surface area contributed by atoms with Gasteiger partial charge in [-0.3, -0.25) is 4.79 Å². The van der Waals surface area contributed by atoms with E-state index in [9.17, 15) is 9.59 Å². The van der Waals surface area contributed by atoms with Gasteiger partial charge in [-0.2, -0.15) is 0 Å². The average molecular weight is 322 g/mol. The van der Waals surface area contributed by atoms with E-state index in [1.165, 1.54) is 12.1 Å². The zero-order valence-corrected chi connectivity index (χ0v) is 13.2. The third-order valence-corrected chi connectivity index (χ3v) is 3.30. The van der Waals surface area contributed by atoms with Crippen molar-refractivity contribution in [3.8, 4) is 11.3 Å². The molecule has 5 nitrogen and oxygen atoms in total. The molecule has 0 spiro atoms. The van der Waals surface area contributed by atoms with Crippen molar-refractivity contribution >= 4 is 29.2 Å². The molecule has 2 rings (SSSR count). The molecular formula is C16H16ClNO4. The van der Waals surface area contributed by atoms with Crippen LogP contribution in [0.3, 0.4) is 0 Å². The molecule has 0 aliphatic carbocycles. The van der Waals surface area contributed by atoms with E-state index in [0.29, 0.717) is 22.0 Å². The van der Waals surface area contributed by atoms with Crippen LogP contribution in [0.4, 0.5) is 5.69 Å². The normalized spacial score (nSPS) is 11.3. The van der Waals surface area contributed by atoms with Gasteiger partial charge in [0.2, 0.25) is 11.7 Å². The summed E-state index contributed by atoms with van der Waals surface area (Å²) in [4.78, 5) is 22.8. The number of nitrogens with one attached hydrogen (secondary N) is 1. The smallest absolute Gasteiger partial charge is 0.371 e.